The number of para-hydroxylation sites is 2. The molecule has 5 heteroatoms. The SMILES string of the molecule is CCC(=CCn1c(=O)n(CC)c2ccccc21)C(=O)OC. The molecule has 0 unspecified atom stereocenters. The molecule has 112 valence electrons. The van der Waals surface area contributed by atoms with Crippen LogP contribution in [0.15, 0.2) is 40.7 Å². The summed E-state index contributed by atoms with van der Waals surface area (Å²) in [7, 11) is 1.36. The van der Waals surface area contributed by atoms with E-state index in [1.807, 2.05) is 38.1 Å². The molecule has 5 nitrogen and oxygen atoms in total. The summed E-state index contributed by atoms with van der Waals surface area (Å²) in [5.41, 5.74) is 2.31. The zero-order chi connectivity index (χ0) is 15.4. The van der Waals surface area contributed by atoms with Crippen LogP contribution in [-0.4, -0.2) is 22.2 Å². The molecule has 1 aromatic carbocycles. The molecule has 2 aromatic rings. The number of ether oxygens (including phenoxy) is 1. The van der Waals surface area contributed by atoms with Gasteiger partial charge in [0, 0.05) is 18.7 Å². The summed E-state index contributed by atoms with van der Waals surface area (Å²) < 4.78 is 8.14. The predicted molar refractivity (Wildman–Crippen MR) is 82.3 cm³/mol. The molecular weight excluding hydrogens is 268 g/mol. The Morgan fingerprint density at radius 3 is 2.33 bits per heavy atom. The Balaban J connectivity index is 2.48. The smallest absolute Gasteiger partial charge is 0.333 e. The van der Waals surface area contributed by atoms with Gasteiger partial charge in [-0.15, -0.1) is 0 Å². The Hall–Kier alpha value is -2.30. The van der Waals surface area contributed by atoms with Gasteiger partial charge in [-0.25, -0.2) is 9.59 Å². The lowest BCUT2D eigenvalue weighted by Crippen LogP contribution is -2.23. The number of imidazole rings is 1. The number of hydrogen-bond acceptors (Lipinski definition) is 3. The van der Waals surface area contributed by atoms with Crippen molar-refractivity contribution in [2.24, 2.45) is 0 Å². The molecule has 0 aliphatic carbocycles. The fourth-order valence-electron chi connectivity index (χ4n) is 2.46. The van der Waals surface area contributed by atoms with E-state index < -0.39 is 0 Å². The number of aryl methyl sites for hydroxylation is 1. The molecule has 2 rings (SSSR count). The van der Waals surface area contributed by atoms with Crippen molar-refractivity contribution < 1.29 is 9.53 Å². The van der Waals surface area contributed by atoms with Gasteiger partial charge in [-0.3, -0.25) is 9.13 Å². The van der Waals surface area contributed by atoms with E-state index in [4.69, 9.17) is 4.74 Å². The number of nitrogens with zero attached hydrogens (tertiary/aromatic N) is 2. The van der Waals surface area contributed by atoms with E-state index in [9.17, 15) is 9.59 Å². The van der Waals surface area contributed by atoms with E-state index >= 15 is 0 Å². The number of methoxy groups -OCH3 is 1. The number of allylic oxidation sites excluding steroid dienone is 1. The maximum atomic E-state index is 12.4. The van der Waals surface area contributed by atoms with Crippen molar-refractivity contribution in [2.45, 2.75) is 33.4 Å². The van der Waals surface area contributed by atoms with Crippen LogP contribution in [0.3, 0.4) is 0 Å². The average molecular weight is 288 g/mol. The molecule has 1 heterocycles. The third kappa shape index (κ3) is 2.77. The lowest BCUT2D eigenvalue weighted by molar-refractivity contribution is -0.136. The molecular formula is C16H20N2O3. The second-order valence-electron chi connectivity index (χ2n) is 4.70. The third-order valence-corrected chi connectivity index (χ3v) is 3.59. The van der Waals surface area contributed by atoms with Gasteiger partial charge in [-0.05, 0) is 25.5 Å². The van der Waals surface area contributed by atoms with E-state index in [0.717, 1.165) is 11.0 Å². The molecule has 0 saturated heterocycles. The number of carbonyl (C=O) groups is 1. The van der Waals surface area contributed by atoms with Crippen molar-refractivity contribution in [3.8, 4) is 0 Å². The Morgan fingerprint density at radius 1 is 1.19 bits per heavy atom. The second-order valence-corrected chi connectivity index (χ2v) is 4.70. The molecule has 21 heavy (non-hydrogen) atoms. The van der Waals surface area contributed by atoms with Crippen molar-refractivity contribution in [3.63, 3.8) is 0 Å². The van der Waals surface area contributed by atoms with Crippen LogP contribution in [0.5, 0.6) is 0 Å². The standard InChI is InChI=1S/C16H20N2O3/c1-4-12(15(19)21-3)10-11-18-14-9-7-6-8-13(14)17(5-2)16(18)20/h6-10H,4-5,11H2,1-3H3. The van der Waals surface area contributed by atoms with Crippen LogP contribution >= 0.6 is 0 Å². The summed E-state index contributed by atoms with van der Waals surface area (Å²) in [5, 5.41) is 0. The maximum absolute atomic E-state index is 12.4. The summed E-state index contributed by atoms with van der Waals surface area (Å²) in [4.78, 5) is 24.0. The predicted octanol–water partition coefficient (Wildman–Crippen LogP) is 2.33. The van der Waals surface area contributed by atoms with Crippen molar-refractivity contribution in [3.05, 3.63) is 46.4 Å². The number of esters is 1. The van der Waals surface area contributed by atoms with E-state index in [1.165, 1.54) is 7.11 Å². The van der Waals surface area contributed by atoms with Gasteiger partial charge in [-0.1, -0.05) is 25.1 Å². The molecule has 0 fully saturated rings. The number of carbonyl (C=O) groups excluding carboxylic acids is 1. The van der Waals surface area contributed by atoms with Gasteiger partial charge in [0.25, 0.3) is 0 Å². The van der Waals surface area contributed by atoms with Crippen molar-refractivity contribution in [2.75, 3.05) is 7.11 Å². The minimum absolute atomic E-state index is 0.0599. The third-order valence-electron chi connectivity index (χ3n) is 3.59. The zero-order valence-corrected chi connectivity index (χ0v) is 12.6. The maximum Gasteiger partial charge on any atom is 0.333 e. The Morgan fingerprint density at radius 2 is 1.81 bits per heavy atom. The summed E-state index contributed by atoms with van der Waals surface area (Å²) >= 11 is 0. The van der Waals surface area contributed by atoms with Gasteiger partial charge in [-0.2, -0.15) is 0 Å². The molecule has 0 aliphatic rings. The number of hydrogen-bond donors (Lipinski definition) is 0. The fourth-order valence-corrected chi connectivity index (χ4v) is 2.46. The van der Waals surface area contributed by atoms with Crippen molar-refractivity contribution in [1.82, 2.24) is 9.13 Å². The van der Waals surface area contributed by atoms with Crippen LogP contribution in [0, 0.1) is 0 Å². The first-order chi connectivity index (χ1) is 10.1. The normalized spacial score (nSPS) is 11.9. The van der Waals surface area contributed by atoms with Gasteiger partial charge in [0.1, 0.15) is 0 Å². The highest BCUT2D eigenvalue weighted by atomic mass is 16.5. The van der Waals surface area contributed by atoms with E-state index in [-0.39, 0.29) is 11.7 Å². The monoisotopic (exact) mass is 288 g/mol. The molecule has 0 spiro atoms. The van der Waals surface area contributed by atoms with Crippen LogP contribution < -0.4 is 5.69 Å². The van der Waals surface area contributed by atoms with Crippen molar-refractivity contribution in [1.29, 1.82) is 0 Å². The van der Waals surface area contributed by atoms with Gasteiger partial charge in [0.05, 0.1) is 18.1 Å². The number of rotatable bonds is 5. The first-order valence-corrected chi connectivity index (χ1v) is 7.09. The van der Waals surface area contributed by atoms with Gasteiger partial charge < -0.3 is 4.74 Å². The first-order valence-electron chi connectivity index (χ1n) is 7.09. The van der Waals surface area contributed by atoms with Gasteiger partial charge >= 0.3 is 11.7 Å². The lowest BCUT2D eigenvalue weighted by Gasteiger charge is -2.03. The summed E-state index contributed by atoms with van der Waals surface area (Å²) in [6.45, 7) is 4.82. The summed E-state index contributed by atoms with van der Waals surface area (Å²) in [6, 6.07) is 7.67. The van der Waals surface area contributed by atoms with Gasteiger partial charge in [0.15, 0.2) is 0 Å². The summed E-state index contributed by atoms with van der Waals surface area (Å²) in [5.74, 6) is -0.343. The van der Waals surface area contributed by atoms with Crippen molar-refractivity contribution >= 4 is 17.0 Å². The molecule has 0 radical (unpaired) electrons. The largest absolute Gasteiger partial charge is 0.466 e. The minimum Gasteiger partial charge on any atom is -0.466 e. The molecule has 0 bridgehead atoms. The number of benzene rings is 1. The Labute approximate surface area is 123 Å². The Bertz CT molecular complexity index is 738. The summed E-state index contributed by atoms with van der Waals surface area (Å²) in [6.07, 6.45) is 2.34. The van der Waals surface area contributed by atoms with Crippen LogP contribution in [0.4, 0.5) is 0 Å². The minimum atomic E-state index is -0.343. The molecule has 0 aliphatic heterocycles. The first kappa shape index (κ1) is 15.1. The van der Waals surface area contributed by atoms with Gasteiger partial charge in [0.2, 0.25) is 0 Å². The van der Waals surface area contributed by atoms with E-state index in [0.29, 0.717) is 25.1 Å². The van der Waals surface area contributed by atoms with Crippen LogP contribution in [0.1, 0.15) is 20.3 Å². The highest BCUT2D eigenvalue weighted by molar-refractivity contribution is 5.88. The van der Waals surface area contributed by atoms with E-state index in [1.54, 1.807) is 15.2 Å². The quantitative estimate of drug-likeness (QED) is 0.627. The van der Waals surface area contributed by atoms with Crippen LogP contribution in [0.25, 0.3) is 11.0 Å². The number of fused-ring (bicyclic) bond motifs is 1. The molecule has 0 saturated carbocycles. The van der Waals surface area contributed by atoms with Crippen LogP contribution in [0.2, 0.25) is 0 Å². The zero-order valence-electron chi connectivity index (χ0n) is 12.6. The highest BCUT2D eigenvalue weighted by Crippen LogP contribution is 2.13. The number of aromatic nitrogens is 2. The average Bonchev–Trinajstić information content (AvgIpc) is 2.79. The fraction of sp³-hybridized carbons (Fsp3) is 0.375. The topological polar surface area (TPSA) is 53.2 Å². The van der Waals surface area contributed by atoms with Crippen LogP contribution in [-0.2, 0) is 22.6 Å². The highest BCUT2D eigenvalue weighted by Gasteiger charge is 2.12. The van der Waals surface area contributed by atoms with E-state index in [2.05, 4.69) is 0 Å². The molecule has 0 atom stereocenters. The molecule has 0 amide bonds. The second kappa shape index (κ2) is 6.43. The Kier molecular flexibility index (Phi) is 4.62. The molecule has 1 aromatic heterocycles. The molecule has 0 N–H and O–H groups in total. The lowest BCUT2D eigenvalue weighted by atomic mass is 10.2.